The maximum absolute atomic E-state index is 5.81. The number of nitrogens with zero attached hydrogens (tertiary/aromatic N) is 2. The lowest BCUT2D eigenvalue weighted by atomic mass is 10.1. The maximum atomic E-state index is 5.81. The summed E-state index contributed by atoms with van der Waals surface area (Å²) in [5, 5.41) is 4.05. The molecule has 0 bridgehead atoms. The zero-order valence-electron chi connectivity index (χ0n) is 11.1. The number of hydrogen-bond acceptors (Lipinski definition) is 4. The summed E-state index contributed by atoms with van der Waals surface area (Å²) < 4.78 is 7.15. The van der Waals surface area contributed by atoms with Crippen molar-refractivity contribution in [2.75, 3.05) is 5.73 Å². The van der Waals surface area contributed by atoms with E-state index in [2.05, 4.69) is 42.0 Å². The number of aryl methyl sites for hydroxylation is 1. The predicted octanol–water partition coefficient (Wildman–Crippen LogP) is 4.82. The van der Waals surface area contributed by atoms with Gasteiger partial charge in [-0.15, -0.1) is 0 Å². The molecule has 0 fully saturated rings. The highest BCUT2D eigenvalue weighted by Gasteiger charge is 2.15. The van der Waals surface area contributed by atoms with Crippen LogP contribution in [0.2, 0.25) is 0 Å². The van der Waals surface area contributed by atoms with Crippen LogP contribution in [0.4, 0.5) is 5.69 Å². The van der Waals surface area contributed by atoms with Crippen LogP contribution in [0.25, 0.3) is 22.8 Å². The molecular formula is C15H11Br2N3O. The van der Waals surface area contributed by atoms with Gasteiger partial charge in [0.1, 0.15) is 0 Å². The van der Waals surface area contributed by atoms with Crippen molar-refractivity contribution in [3.8, 4) is 22.8 Å². The highest BCUT2D eigenvalue weighted by Crippen LogP contribution is 2.32. The molecule has 6 heteroatoms. The minimum Gasteiger partial charge on any atom is -0.399 e. The van der Waals surface area contributed by atoms with Crippen LogP contribution >= 0.6 is 31.9 Å². The van der Waals surface area contributed by atoms with Gasteiger partial charge in [0.2, 0.25) is 5.82 Å². The first-order valence-corrected chi connectivity index (χ1v) is 7.79. The van der Waals surface area contributed by atoms with Crippen molar-refractivity contribution in [3.05, 3.63) is 50.9 Å². The summed E-state index contributed by atoms with van der Waals surface area (Å²) in [6, 6.07) is 11.4. The molecule has 3 aromatic rings. The number of benzene rings is 2. The third-order valence-corrected chi connectivity index (χ3v) is 4.36. The second-order valence-corrected chi connectivity index (χ2v) is 6.35. The molecule has 1 heterocycles. The van der Waals surface area contributed by atoms with Gasteiger partial charge in [0.15, 0.2) is 0 Å². The van der Waals surface area contributed by atoms with Crippen LogP contribution in [0.3, 0.4) is 0 Å². The molecule has 0 saturated carbocycles. The van der Waals surface area contributed by atoms with Crippen molar-refractivity contribution in [2.45, 2.75) is 6.92 Å². The summed E-state index contributed by atoms with van der Waals surface area (Å²) >= 11 is 6.99. The quantitative estimate of drug-likeness (QED) is 0.617. The SMILES string of the molecule is Cc1ccc(-c2noc(-c3cc(N)ccc3Br)n2)c(Br)c1. The second kappa shape index (κ2) is 5.61. The number of nitrogens with two attached hydrogens (primary N) is 1. The van der Waals surface area contributed by atoms with Gasteiger partial charge >= 0.3 is 0 Å². The topological polar surface area (TPSA) is 64.9 Å². The molecule has 0 radical (unpaired) electrons. The van der Waals surface area contributed by atoms with Crippen molar-refractivity contribution in [3.63, 3.8) is 0 Å². The molecule has 2 N–H and O–H groups in total. The lowest BCUT2D eigenvalue weighted by Gasteiger charge is -2.01. The standard InChI is InChI=1S/C15H11Br2N3O/c1-8-2-4-10(13(17)6-8)14-19-15(21-20-14)11-7-9(18)3-5-12(11)16/h2-7H,18H2,1H3. The van der Waals surface area contributed by atoms with Gasteiger partial charge in [-0.05, 0) is 58.7 Å². The highest BCUT2D eigenvalue weighted by atomic mass is 79.9. The molecule has 0 amide bonds. The normalized spacial score (nSPS) is 10.8. The fraction of sp³-hybridized carbons (Fsp3) is 0.0667. The summed E-state index contributed by atoms with van der Waals surface area (Å²) in [4.78, 5) is 4.45. The maximum Gasteiger partial charge on any atom is 0.259 e. The smallest absolute Gasteiger partial charge is 0.259 e. The lowest BCUT2D eigenvalue weighted by molar-refractivity contribution is 0.432. The number of halogens is 2. The van der Waals surface area contributed by atoms with Gasteiger partial charge in [-0.1, -0.05) is 27.2 Å². The largest absolute Gasteiger partial charge is 0.399 e. The Morgan fingerprint density at radius 3 is 2.57 bits per heavy atom. The molecular weight excluding hydrogens is 398 g/mol. The minimum atomic E-state index is 0.427. The molecule has 3 rings (SSSR count). The average Bonchev–Trinajstić information content (AvgIpc) is 2.91. The van der Waals surface area contributed by atoms with E-state index < -0.39 is 0 Å². The lowest BCUT2D eigenvalue weighted by Crippen LogP contribution is -1.87. The molecule has 1 aromatic heterocycles. The van der Waals surface area contributed by atoms with E-state index in [-0.39, 0.29) is 0 Å². The van der Waals surface area contributed by atoms with Crippen molar-refractivity contribution >= 4 is 37.5 Å². The van der Waals surface area contributed by atoms with Gasteiger partial charge in [-0.25, -0.2) is 0 Å². The zero-order chi connectivity index (χ0) is 15.0. The Morgan fingerprint density at radius 2 is 1.81 bits per heavy atom. The first-order chi connectivity index (χ1) is 10.0. The summed E-state index contributed by atoms with van der Waals surface area (Å²) in [7, 11) is 0. The van der Waals surface area contributed by atoms with Gasteiger partial charge in [0, 0.05) is 20.2 Å². The number of nitrogen functional groups attached to an aromatic ring is 1. The van der Waals surface area contributed by atoms with E-state index >= 15 is 0 Å². The molecule has 0 aliphatic heterocycles. The minimum absolute atomic E-state index is 0.427. The van der Waals surface area contributed by atoms with E-state index in [1.54, 1.807) is 12.1 Å². The van der Waals surface area contributed by atoms with Gasteiger partial charge < -0.3 is 10.3 Å². The molecule has 0 spiro atoms. The summed E-state index contributed by atoms with van der Waals surface area (Å²) in [5.41, 5.74) is 9.27. The number of hydrogen-bond donors (Lipinski definition) is 1. The van der Waals surface area contributed by atoms with Crippen molar-refractivity contribution in [1.29, 1.82) is 0 Å². The van der Waals surface area contributed by atoms with Gasteiger partial charge in [0.25, 0.3) is 5.89 Å². The van der Waals surface area contributed by atoms with E-state index in [4.69, 9.17) is 10.3 Å². The Balaban J connectivity index is 2.06. The molecule has 0 unspecified atom stereocenters. The molecule has 0 atom stereocenters. The van der Waals surface area contributed by atoms with Crippen LogP contribution in [0, 0.1) is 6.92 Å². The predicted molar refractivity (Wildman–Crippen MR) is 89.7 cm³/mol. The zero-order valence-corrected chi connectivity index (χ0v) is 14.3. The number of anilines is 1. The van der Waals surface area contributed by atoms with Crippen LogP contribution in [-0.2, 0) is 0 Å². The Hall–Kier alpha value is -1.66. The summed E-state index contributed by atoms with van der Waals surface area (Å²) in [6.07, 6.45) is 0. The Kier molecular flexibility index (Phi) is 3.82. The number of aromatic nitrogens is 2. The highest BCUT2D eigenvalue weighted by molar-refractivity contribution is 9.11. The fourth-order valence-electron chi connectivity index (χ4n) is 1.95. The van der Waals surface area contributed by atoms with Crippen molar-refractivity contribution in [2.24, 2.45) is 0 Å². The summed E-state index contributed by atoms with van der Waals surface area (Å²) in [6.45, 7) is 2.03. The molecule has 2 aromatic carbocycles. The van der Waals surface area contributed by atoms with Gasteiger partial charge in [-0.3, -0.25) is 0 Å². The van der Waals surface area contributed by atoms with Crippen LogP contribution < -0.4 is 5.73 Å². The molecule has 4 nitrogen and oxygen atoms in total. The number of rotatable bonds is 2. The molecule has 0 saturated heterocycles. The van der Waals surface area contributed by atoms with E-state index in [1.807, 2.05) is 31.2 Å². The third-order valence-electron chi connectivity index (χ3n) is 3.01. The van der Waals surface area contributed by atoms with Crippen molar-refractivity contribution < 1.29 is 4.52 Å². The van der Waals surface area contributed by atoms with E-state index in [1.165, 1.54) is 0 Å². The Labute approximate surface area is 138 Å². The van der Waals surface area contributed by atoms with Gasteiger partial charge in [0.05, 0.1) is 5.56 Å². The Bertz CT molecular complexity index is 814. The molecule has 0 aliphatic carbocycles. The first kappa shape index (κ1) is 14.3. The van der Waals surface area contributed by atoms with E-state index in [0.29, 0.717) is 17.4 Å². The monoisotopic (exact) mass is 407 g/mol. The average molecular weight is 409 g/mol. The van der Waals surface area contributed by atoms with Crippen LogP contribution in [0.5, 0.6) is 0 Å². The van der Waals surface area contributed by atoms with Crippen LogP contribution in [-0.4, -0.2) is 10.1 Å². The van der Waals surface area contributed by atoms with Gasteiger partial charge in [-0.2, -0.15) is 4.98 Å². The van der Waals surface area contributed by atoms with Crippen LogP contribution in [0.1, 0.15) is 5.56 Å². The molecule has 106 valence electrons. The molecule has 0 aliphatic rings. The second-order valence-electron chi connectivity index (χ2n) is 4.65. The van der Waals surface area contributed by atoms with E-state index in [9.17, 15) is 0 Å². The summed E-state index contributed by atoms with van der Waals surface area (Å²) in [5.74, 6) is 0.961. The van der Waals surface area contributed by atoms with E-state index in [0.717, 1.165) is 25.6 Å². The Morgan fingerprint density at radius 1 is 1.00 bits per heavy atom. The molecule has 21 heavy (non-hydrogen) atoms. The third kappa shape index (κ3) is 2.87. The van der Waals surface area contributed by atoms with Crippen molar-refractivity contribution in [1.82, 2.24) is 10.1 Å². The fourth-order valence-corrected chi connectivity index (χ4v) is 3.04. The van der Waals surface area contributed by atoms with Crippen LogP contribution in [0.15, 0.2) is 49.9 Å². The first-order valence-electron chi connectivity index (χ1n) is 6.20.